The highest BCUT2D eigenvalue weighted by Gasteiger charge is 2.21. The molecule has 1 aliphatic heterocycles. The first-order valence-electron chi connectivity index (χ1n) is 12.9. The largest absolute Gasteiger partial charge is 0.322 e. The van der Waals surface area contributed by atoms with Crippen molar-refractivity contribution < 1.29 is 13.2 Å². The maximum atomic E-state index is 12.9. The van der Waals surface area contributed by atoms with Gasteiger partial charge in [-0.1, -0.05) is 52.3 Å². The van der Waals surface area contributed by atoms with Crippen LogP contribution in [-0.2, 0) is 16.4 Å². The maximum absolute atomic E-state index is 12.9. The predicted molar refractivity (Wildman–Crippen MR) is 161 cm³/mol. The number of sulfone groups is 1. The molecule has 0 spiro atoms. The maximum Gasteiger partial charge on any atom is 0.255 e. The summed E-state index contributed by atoms with van der Waals surface area (Å²) in [6.07, 6.45) is 0. The number of hydrogen-bond donors (Lipinski definition) is 2. The third kappa shape index (κ3) is 5.84. The van der Waals surface area contributed by atoms with Crippen LogP contribution in [0.3, 0.4) is 0 Å². The summed E-state index contributed by atoms with van der Waals surface area (Å²) in [5.41, 5.74) is 3.94. The number of rotatable bonds is 6. The van der Waals surface area contributed by atoms with Crippen molar-refractivity contribution in [3.8, 4) is 22.8 Å². The first kappa shape index (κ1) is 26.4. The summed E-state index contributed by atoms with van der Waals surface area (Å²) in [7, 11) is -2.92. The lowest BCUT2D eigenvalue weighted by Crippen LogP contribution is -2.39. The number of carbonyl (C=O) groups excluding carboxylic acids is 1. The summed E-state index contributed by atoms with van der Waals surface area (Å²) < 4.78 is 24.4. The van der Waals surface area contributed by atoms with E-state index in [1.54, 1.807) is 6.07 Å². The molecular formula is C30H26BrN5O3S. The molecule has 6 rings (SSSR count). The molecule has 0 aliphatic carbocycles. The number of anilines is 1. The first-order valence-corrected chi connectivity index (χ1v) is 15.5. The molecule has 202 valence electrons. The van der Waals surface area contributed by atoms with Gasteiger partial charge in [0.05, 0.1) is 11.5 Å². The van der Waals surface area contributed by atoms with E-state index in [0.29, 0.717) is 42.5 Å². The number of carbonyl (C=O) groups is 1. The zero-order valence-corrected chi connectivity index (χ0v) is 23.9. The number of H-pyrrole nitrogens is 1. The molecule has 1 amide bonds. The molecule has 10 heteroatoms. The Morgan fingerprint density at radius 3 is 2.50 bits per heavy atom. The first-order chi connectivity index (χ1) is 19.3. The number of fused-ring (bicyclic) bond motifs is 1. The van der Waals surface area contributed by atoms with Gasteiger partial charge in [0.25, 0.3) is 5.91 Å². The molecule has 0 unspecified atom stereocenters. The Kier molecular flexibility index (Phi) is 7.22. The van der Waals surface area contributed by atoms with Crippen molar-refractivity contribution in [3.05, 3.63) is 101 Å². The SMILES string of the molecule is O=C(Nc1ccc(-c2nc(-c3cc(Br)c4ccccc4c3)n[nH]2)cc1)c1cccc(CN2CCS(=O)(=O)CC2)c1. The monoisotopic (exact) mass is 615 g/mol. The molecule has 0 saturated carbocycles. The second kappa shape index (κ2) is 11.0. The summed E-state index contributed by atoms with van der Waals surface area (Å²) in [4.78, 5) is 19.7. The van der Waals surface area contributed by atoms with E-state index in [9.17, 15) is 13.2 Å². The predicted octanol–water partition coefficient (Wildman–Crippen LogP) is 5.54. The van der Waals surface area contributed by atoms with Crippen LogP contribution in [-0.4, -0.2) is 59.0 Å². The Bertz CT molecular complexity index is 1810. The normalized spacial score (nSPS) is 15.2. The van der Waals surface area contributed by atoms with Crippen LogP contribution in [0, 0.1) is 0 Å². The molecule has 8 nitrogen and oxygen atoms in total. The van der Waals surface area contributed by atoms with Crippen LogP contribution in [0.5, 0.6) is 0 Å². The lowest BCUT2D eigenvalue weighted by Gasteiger charge is -2.26. The van der Waals surface area contributed by atoms with E-state index < -0.39 is 9.84 Å². The van der Waals surface area contributed by atoms with Gasteiger partial charge in [0.1, 0.15) is 0 Å². The number of nitrogens with one attached hydrogen (secondary N) is 2. The van der Waals surface area contributed by atoms with Crippen LogP contribution < -0.4 is 5.32 Å². The van der Waals surface area contributed by atoms with Gasteiger partial charge in [0.15, 0.2) is 21.5 Å². The van der Waals surface area contributed by atoms with E-state index in [1.165, 1.54) is 0 Å². The van der Waals surface area contributed by atoms with E-state index in [-0.39, 0.29) is 17.4 Å². The summed E-state index contributed by atoms with van der Waals surface area (Å²) >= 11 is 3.65. The Morgan fingerprint density at radius 1 is 0.925 bits per heavy atom. The molecule has 1 aromatic heterocycles. The van der Waals surface area contributed by atoms with Crippen molar-refractivity contribution in [3.63, 3.8) is 0 Å². The van der Waals surface area contributed by atoms with Crippen LogP contribution in [0.15, 0.2) is 89.4 Å². The average Bonchev–Trinajstić information content (AvgIpc) is 3.45. The Balaban J connectivity index is 1.12. The Morgan fingerprint density at radius 2 is 1.70 bits per heavy atom. The van der Waals surface area contributed by atoms with Gasteiger partial charge < -0.3 is 5.32 Å². The molecule has 0 atom stereocenters. The van der Waals surface area contributed by atoms with Crippen molar-refractivity contribution in [1.82, 2.24) is 20.1 Å². The number of aromatic amines is 1. The average molecular weight is 617 g/mol. The minimum atomic E-state index is -2.92. The highest BCUT2D eigenvalue weighted by molar-refractivity contribution is 9.10. The molecule has 1 saturated heterocycles. The number of amides is 1. The van der Waals surface area contributed by atoms with E-state index in [4.69, 9.17) is 4.98 Å². The van der Waals surface area contributed by atoms with Gasteiger partial charge in [-0.25, -0.2) is 13.4 Å². The van der Waals surface area contributed by atoms with Crippen LogP contribution in [0.2, 0.25) is 0 Å². The number of aromatic nitrogens is 3. The molecule has 1 aliphatic rings. The number of nitrogens with zero attached hydrogens (tertiary/aromatic N) is 3. The zero-order chi connectivity index (χ0) is 27.7. The van der Waals surface area contributed by atoms with E-state index in [0.717, 1.165) is 31.9 Å². The van der Waals surface area contributed by atoms with E-state index in [1.807, 2.05) is 60.7 Å². The molecule has 5 aromatic rings. The standard InChI is InChI=1S/C30H26BrN5O3S/c31-27-18-24(17-22-5-1-2-7-26(22)27)29-33-28(34-35-29)21-8-10-25(11-9-21)32-30(37)23-6-3-4-20(16-23)19-36-12-14-40(38,39)15-13-36/h1-11,16-18H,12-15,19H2,(H,32,37)(H,33,34,35). The summed E-state index contributed by atoms with van der Waals surface area (Å²) in [5.74, 6) is 1.39. The van der Waals surface area contributed by atoms with Gasteiger partial charge in [0, 0.05) is 46.5 Å². The van der Waals surface area contributed by atoms with Crippen LogP contribution >= 0.6 is 15.9 Å². The fourth-order valence-corrected chi connectivity index (χ4v) is 6.69. The molecule has 1 fully saturated rings. The molecular weight excluding hydrogens is 590 g/mol. The molecule has 4 aromatic carbocycles. The van der Waals surface area contributed by atoms with Crippen LogP contribution in [0.4, 0.5) is 5.69 Å². The van der Waals surface area contributed by atoms with Crippen molar-refractivity contribution in [1.29, 1.82) is 0 Å². The topological polar surface area (TPSA) is 108 Å². The molecule has 0 radical (unpaired) electrons. The third-order valence-corrected chi connectivity index (χ3v) is 9.27. The summed E-state index contributed by atoms with van der Waals surface area (Å²) in [5, 5.41) is 12.6. The highest BCUT2D eigenvalue weighted by Crippen LogP contribution is 2.30. The van der Waals surface area contributed by atoms with Crippen molar-refractivity contribution in [2.75, 3.05) is 29.9 Å². The van der Waals surface area contributed by atoms with Crippen molar-refractivity contribution in [2.24, 2.45) is 0 Å². The third-order valence-electron chi connectivity index (χ3n) is 7.00. The quantitative estimate of drug-likeness (QED) is 0.260. The van der Waals surface area contributed by atoms with Crippen molar-refractivity contribution >= 4 is 48.1 Å². The molecule has 0 bridgehead atoms. The van der Waals surface area contributed by atoms with Gasteiger partial charge in [0.2, 0.25) is 0 Å². The molecule has 40 heavy (non-hydrogen) atoms. The van der Waals surface area contributed by atoms with E-state index >= 15 is 0 Å². The zero-order valence-electron chi connectivity index (χ0n) is 21.5. The fraction of sp³-hybridized carbons (Fsp3) is 0.167. The lowest BCUT2D eigenvalue weighted by atomic mass is 10.1. The van der Waals surface area contributed by atoms with Gasteiger partial charge in [-0.15, -0.1) is 0 Å². The summed E-state index contributed by atoms with van der Waals surface area (Å²) in [6, 6.07) is 27.1. The van der Waals surface area contributed by atoms with Gasteiger partial charge >= 0.3 is 0 Å². The lowest BCUT2D eigenvalue weighted by molar-refractivity contribution is 0.102. The fourth-order valence-electron chi connectivity index (χ4n) is 4.81. The second-order valence-electron chi connectivity index (χ2n) is 9.85. The summed E-state index contributed by atoms with van der Waals surface area (Å²) in [6.45, 7) is 1.63. The highest BCUT2D eigenvalue weighted by atomic mass is 79.9. The Hall–Kier alpha value is -3.86. The molecule has 2 N–H and O–H groups in total. The van der Waals surface area contributed by atoms with E-state index in [2.05, 4.69) is 54.5 Å². The second-order valence-corrected chi connectivity index (χ2v) is 13.0. The minimum absolute atomic E-state index is 0.180. The van der Waals surface area contributed by atoms with Gasteiger partial charge in [-0.3, -0.25) is 14.8 Å². The number of hydrogen-bond acceptors (Lipinski definition) is 6. The number of benzene rings is 4. The van der Waals surface area contributed by atoms with Crippen molar-refractivity contribution in [2.45, 2.75) is 6.54 Å². The molecule has 2 heterocycles. The minimum Gasteiger partial charge on any atom is -0.322 e. The van der Waals surface area contributed by atoms with Crippen LogP contribution in [0.1, 0.15) is 15.9 Å². The smallest absolute Gasteiger partial charge is 0.255 e. The Labute approximate surface area is 240 Å². The van der Waals surface area contributed by atoms with Gasteiger partial charge in [-0.05, 0) is 64.9 Å². The van der Waals surface area contributed by atoms with Gasteiger partial charge in [-0.2, -0.15) is 5.10 Å². The number of halogens is 1. The van der Waals surface area contributed by atoms with Crippen LogP contribution in [0.25, 0.3) is 33.5 Å².